The zero-order valence-corrected chi connectivity index (χ0v) is 9.97. The number of benzene rings is 1. The highest BCUT2D eigenvalue weighted by molar-refractivity contribution is 5.98. The Hall–Kier alpha value is -2.16. The van der Waals surface area contributed by atoms with Crippen molar-refractivity contribution in [2.24, 2.45) is 0 Å². The van der Waals surface area contributed by atoms with E-state index in [0.717, 1.165) is 11.1 Å². The fraction of sp³-hybridized carbons (Fsp3) is 0.143. The van der Waals surface area contributed by atoms with Crippen molar-refractivity contribution in [1.82, 2.24) is 0 Å². The number of hydrogen-bond donors (Lipinski definition) is 1. The van der Waals surface area contributed by atoms with E-state index in [1.165, 1.54) is 0 Å². The van der Waals surface area contributed by atoms with Crippen molar-refractivity contribution >= 4 is 5.91 Å². The molecule has 1 N–H and O–H groups in total. The molecule has 1 aromatic heterocycles. The average molecular weight is 227 g/mol. The van der Waals surface area contributed by atoms with Crippen LogP contribution in [0.1, 0.15) is 21.5 Å². The van der Waals surface area contributed by atoms with Crippen molar-refractivity contribution in [3.63, 3.8) is 0 Å². The molecular formula is C14H15N2O+. The minimum Gasteiger partial charge on any atom is -0.264 e. The van der Waals surface area contributed by atoms with Gasteiger partial charge in [0.15, 0.2) is 12.4 Å². The molecular weight excluding hydrogens is 212 g/mol. The summed E-state index contributed by atoms with van der Waals surface area (Å²) in [5.41, 5.74) is 5.74. The molecule has 0 aliphatic carbocycles. The Bertz CT molecular complexity index is 515. The average Bonchev–Trinajstić information content (AvgIpc) is 2.33. The normalized spacial score (nSPS) is 10.0. The van der Waals surface area contributed by atoms with Crippen LogP contribution in [0.25, 0.3) is 0 Å². The highest BCUT2D eigenvalue weighted by Crippen LogP contribution is 2.02. The number of aryl methyl sites for hydroxylation is 2. The van der Waals surface area contributed by atoms with Crippen LogP contribution in [0.3, 0.4) is 0 Å². The molecule has 0 spiro atoms. The maximum Gasteiger partial charge on any atom is 0.305 e. The molecule has 3 heteroatoms. The molecule has 2 aromatic rings. The summed E-state index contributed by atoms with van der Waals surface area (Å²) in [6, 6.07) is 11.4. The van der Waals surface area contributed by atoms with Gasteiger partial charge >= 0.3 is 5.91 Å². The molecule has 1 aromatic carbocycles. The van der Waals surface area contributed by atoms with Crippen LogP contribution >= 0.6 is 0 Å². The summed E-state index contributed by atoms with van der Waals surface area (Å²) in [5, 5.41) is 0. The van der Waals surface area contributed by atoms with Crippen LogP contribution < -0.4 is 10.1 Å². The third-order valence-corrected chi connectivity index (χ3v) is 2.54. The molecule has 2 rings (SSSR count). The fourth-order valence-electron chi connectivity index (χ4n) is 1.46. The zero-order valence-electron chi connectivity index (χ0n) is 9.97. The van der Waals surface area contributed by atoms with Gasteiger partial charge in [0.25, 0.3) is 0 Å². The van der Waals surface area contributed by atoms with E-state index in [-0.39, 0.29) is 5.91 Å². The van der Waals surface area contributed by atoms with Crippen LogP contribution in [0.2, 0.25) is 0 Å². The van der Waals surface area contributed by atoms with Crippen LogP contribution in [0.4, 0.5) is 0 Å². The highest BCUT2D eigenvalue weighted by Gasteiger charge is 2.09. The molecule has 0 aliphatic rings. The Morgan fingerprint density at radius 3 is 2.06 bits per heavy atom. The summed E-state index contributed by atoms with van der Waals surface area (Å²) in [4.78, 5) is 11.9. The van der Waals surface area contributed by atoms with E-state index in [2.05, 4.69) is 5.43 Å². The lowest BCUT2D eigenvalue weighted by molar-refractivity contribution is -0.641. The van der Waals surface area contributed by atoms with Crippen LogP contribution in [-0.4, -0.2) is 5.91 Å². The first-order chi connectivity index (χ1) is 8.15. The SMILES string of the molecule is Cc1ccc(C(=O)N[n+]2ccc(C)cc2)cc1. The van der Waals surface area contributed by atoms with Gasteiger partial charge in [-0.05, 0) is 31.5 Å². The zero-order chi connectivity index (χ0) is 12.3. The number of rotatable bonds is 2. The lowest BCUT2D eigenvalue weighted by atomic mass is 10.1. The summed E-state index contributed by atoms with van der Waals surface area (Å²) < 4.78 is 1.65. The van der Waals surface area contributed by atoms with E-state index < -0.39 is 0 Å². The first-order valence-corrected chi connectivity index (χ1v) is 5.51. The van der Waals surface area contributed by atoms with Crippen LogP contribution in [0, 0.1) is 13.8 Å². The van der Waals surface area contributed by atoms with Gasteiger partial charge in [-0.2, -0.15) is 0 Å². The second-order valence-electron chi connectivity index (χ2n) is 4.09. The first-order valence-electron chi connectivity index (χ1n) is 5.51. The molecule has 0 atom stereocenters. The van der Waals surface area contributed by atoms with Crippen molar-refractivity contribution in [2.75, 3.05) is 5.43 Å². The third kappa shape index (κ3) is 2.91. The van der Waals surface area contributed by atoms with Gasteiger partial charge in [0, 0.05) is 17.7 Å². The molecule has 0 aliphatic heterocycles. The van der Waals surface area contributed by atoms with Gasteiger partial charge in [0.05, 0.1) is 0 Å². The number of aromatic nitrogens is 1. The van der Waals surface area contributed by atoms with Gasteiger partial charge in [0.2, 0.25) is 0 Å². The Balaban J connectivity index is 2.11. The molecule has 3 nitrogen and oxygen atoms in total. The summed E-state index contributed by atoms with van der Waals surface area (Å²) in [6.07, 6.45) is 3.64. The number of nitrogens with zero attached hydrogens (tertiary/aromatic N) is 1. The van der Waals surface area contributed by atoms with E-state index >= 15 is 0 Å². The molecule has 1 amide bonds. The van der Waals surface area contributed by atoms with Gasteiger partial charge in [-0.1, -0.05) is 22.4 Å². The second kappa shape index (κ2) is 4.78. The van der Waals surface area contributed by atoms with E-state index in [1.54, 1.807) is 4.68 Å². The summed E-state index contributed by atoms with van der Waals surface area (Å²) >= 11 is 0. The summed E-state index contributed by atoms with van der Waals surface area (Å²) in [7, 11) is 0. The van der Waals surface area contributed by atoms with E-state index in [1.807, 2.05) is 62.6 Å². The summed E-state index contributed by atoms with van der Waals surface area (Å²) in [5.74, 6) is -0.112. The Kier molecular flexibility index (Phi) is 3.19. The molecule has 1 heterocycles. The summed E-state index contributed by atoms with van der Waals surface area (Å²) in [6.45, 7) is 4.00. The van der Waals surface area contributed by atoms with Crippen molar-refractivity contribution in [3.8, 4) is 0 Å². The number of hydrogen-bond acceptors (Lipinski definition) is 1. The predicted molar refractivity (Wildman–Crippen MR) is 66.2 cm³/mol. The number of nitrogens with one attached hydrogen (secondary N) is 1. The predicted octanol–water partition coefficient (Wildman–Crippen LogP) is 1.97. The highest BCUT2D eigenvalue weighted by atomic mass is 16.2. The van der Waals surface area contributed by atoms with E-state index in [4.69, 9.17) is 0 Å². The van der Waals surface area contributed by atoms with E-state index in [0.29, 0.717) is 5.56 Å². The molecule has 86 valence electrons. The van der Waals surface area contributed by atoms with Crippen molar-refractivity contribution in [1.29, 1.82) is 0 Å². The Labute approximate surface area is 101 Å². The van der Waals surface area contributed by atoms with Crippen molar-refractivity contribution < 1.29 is 9.47 Å². The lowest BCUT2D eigenvalue weighted by Crippen LogP contribution is -2.47. The number of carbonyl (C=O) groups is 1. The first kappa shape index (κ1) is 11.3. The lowest BCUT2D eigenvalue weighted by Gasteiger charge is -2.00. The largest absolute Gasteiger partial charge is 0.305 e. The molecule has 0 unspecified atom stereocenters. The molecule has 0 saturated carbocycles. The van der Waals surface area contributed by atoms with Crippen LogP contribution in [0.5, 0.6) is 0 Å². The molecule has 0 saturated heterocycles. The molecule has 0 radical (unpaired) electrons. The topological polar surface area (TPSA) is 33.0 Å². The second-order valence-corrected chi connectivity index (χ2v) is 4.09. The van der Waals surface area contributed by atoms with Crippen molar-refractivity contribution in [3.05, 3.63) is 65.5 Å². The fourth-order valence-corrected chi connectivity index (χ4v) is 1.46. The monoisotopic (exact) mass is 227 g/mol. The Morgan fingerprint density at radius 2 is 1.47 bits per heavy atom. The molecule has 0 bridgehead atoms. The van der Waals surface area contributed by atoms with Crippen molar-refractivity contribution in [2.45, 2.75) is 13.8 Å². The maximum absolute atomic E-state index is 11.9. The third-order valence-electron chi connectivity index (χ3n) is 2.54. The smallest absolute Gasteiger partial charge is 0.264 e. The minimum absolute atomic E-state index is 0.112. The number of carbonyl (C=O) groups excluding carboxylic acids is 1. The molecule has 17 heavy (non-hydrogen) atoms. The van der Waals surface area contributed by atoms with Gasteiger partial charge in [-0.3, -0.25) is 4.79 Å². The minimum atomic E-state index is -0.112. The quantitative estimate of drug-likeness (QED) is 0.782. The molecule has 0 fully saturated rings. The number of pyridine rings is 1. The van der Waals surface area contributed by atoms with Gasteiger partial charge in [-0.15, -0.1) is 5.43 Å². The maximum atomic E-state index is 11.9. The van der Waals surface area contributed by atoms with Crippen LogP contribution in [-0.2, 0) is 0 Å². The standard InChI is InChI=1S/C14H14N2O/c1-11-3-5-13(6-4-11)14(17)15-16-9-7-12(2)8-10-16/h3-10H,1-2H3/p+1. The van der Waals surface area contributed by atoms with Gasteiger partial charge < -0.3 is 0 Å². The van der Waals surface area contributed by atoms with Gasteiger partial charge in [0.1, 0.15) is 0 Å². The van der Waals surface area contributed by atoms with Gasteiger partial charge in [-0.25, -0.2) is 0 Å². The van der Waals surface area contributed by atoms with E-state index in [9.17, 15) is 4.79 Å². The Morgan fingerprint density at radius 1 is 0.941 bits per heavy atom. The number of amides is 1. The van der Waals surface area contributed by atoms with Crippen LogP contribution in [0.15, 0.2) is 48.8 Å².